The van der Waals surface area contributed by atoms with E-state index in [1.54, 1.807) is 11.7 Å². The van der Waals surface area contributed by atoms with Crippen LogP contribution in [0.2, 0.25) is 0 Å². The molecule has 2 rings (SSSR count). The zero-order chi connectivity index (χ0) is 12.4. The van der Waals surface area contributed by atoms with Gasteiger partial charge in [0.25, 0.3) is 0 Å². The minimum absolute atomic E-state index is 0.164. The van der Waals surface area contributed by atoms with Crippen LogP contribution in [0.15, 0.2) is 0 Å². The van der Waals surface area contributed by atoms with Crippen LogP contribution in [0.4, 0.5) is 0 Å². The Morgan fingerprint density at radius 2 is 2.06 bits per heavy atom. The van der Waals surface area contributed by atoms with Gasteiger partial charge in [0.05, 0.1) is 5.69 Å². The van der Waals surface area contributed by atoms with E-state index >= 15 is 0 Å². The molecular weight excluding hydrogens is 216 g/mol. The van der Waals surface area contributed by atoms with Gasteiger partial charge in [-0.05, 0) is 32.6 Å². The van der Waals surface area contributed by atoms with Crippen LogP contribution in [0.25, 0.3) is 0 Å². The van der Waals surface area contributed by atoms with Gasteiger partial charge in [-0.2, -0.15) is 10.4 Å². The number of aryl methyl sites for hydroxylation is 2. The second-order valence-electron chi connectivity index (χ2n) is 4.66. The molecule has 0 aromatic carbocycles. The zero-order valence-electron chi connectivity index (χ0n) is 10.3. The maximum Gasteiger partial charge on any atom is 0.230 e. The van der Waals surface area contributed by atoms with Crippen molar-refractivity contribution in [3.05, 3.63) is 11.3 Å². The van der Waals surface area contributed by atoms with Crippen LogP contribution in [0, 0.1) is 18.3 Å². The van der Waals surface area contributed by atoms with E-state index in [2.05, 4.69) is 11.2 Å². The number of hydrogen-bond acceptors (Lipinski definition) is 4. The lowest BCUT2D eigenvalue weighted by atomic mass is 9.94. The molecule has 17 heavy (non-hydrogen) atoms. The first-order valence-electron chi connectivity index (χ1n) is 5.97. The molecule has 0 atom stereocenters. The lowest BCUT2D eigenvalue weighted by Gasteiger charge is -2.26. The molecule has 1 heterocycles. The van der Waals surface area contributed by atoms with Crippen molar-refractivity contribution in [1.29, 1.82) is 5.26 Å². The first kappa shape index (κ1) is 11.9. The molecule has 92 valence electrons. The van der Waals surface area contributed by atoms with E-state index in [-0.39, 0.29) is 6.10 Å². The van der Waals surface area contributed by atoms with Crippen molar-refractivity contribution in [1.82, 2.24) is 9.78 Å². The second kappa shape index (κ2) is 4.76. The Balaban J connectivity index is 2.11. The van der Waals surface area contributed by atoms with E-state index in [9.17, 15) is 0 Å². The predicted octanol–water partition coefficient (Wildman–Crippen LogP) is 1.25. The van der Waals surface area contributed by atoms with Crippen LogP contribution < -0.4 is 10.5 Å². The highest BCUT2D eigenvalue weighted by Crippen LogP contribution is 2.26. The zero-order valence-corrected chi connectivity index (χ0v) is 10.3. The van der Waals surface area contributed by atoms with E-state index < -0.39 is 0 Å². The van der Waals surface area contributed by atoms with Crippen molar-refractivity contribution in [3.63, 3.8) is 0 Å². The summed E-state index contributed by atoms with van der Waals surface area (Å²) in [5, 5.41) is 13.3. The minimum Gasteiger partial charge on any atom is -0.474 e. The third-order valence-corrected chi connectivity index (χ3v) is 3.28. The number of aromatic nitrogens is 2. The van der Waals surface area contributed by atoms with E-state index in [1.165, 1.54) is 0 Å². The maximum atomic E-state index is 9.08. The SMILES string of the molecule is Cc1nn(C)c(OC2CCC(N)CC2)c1C#N. The van der Waals surface area contributed by atoms with Gasteiger partial charge in [-0.25, -0.2) is 4.68 Å². The van der Waals surface area contributed by atoms with Crippen LogP contribution in [0.1, 0.15) is 36.9 Å². The molecule has 1 aliphatic carbocycles. The summed E-state index contributed by atoms with van der Waals surface area (Å²) in [4.78, 5) is 0. The first-order chi connectivity index (χ1) is 8.11. The predicted molar refractivity (Wildman–Crippen MR) is 63.5 cm³/mol. The summed E-state index contributed by atoms with van der Waals surface area (Å²) in [5.41, 5.74) is 7.12. The van der Waals surface area contributed by atoms with E-state index in [1.807, 2.05) is 6.92 Å². The lowest BCUT2D eigenvalue weighted by Crippen LogP contribution is -2.32. The van der Waals surface area contributed by atoms with Crippen LogP contribution in [-0.4, -0.2) is 21.9 Å². The molecule has 0 radical (unpaired) electrons. The molecule has 0 unspecified atom stereocenters. The normalized spacial score (nSPS) is 24.4. The summed E-state index contributed by atoms with van der Waals surface area (Å²) >= 11 is 0. The minimum atomic E-state index is 0.164. The van der Waals surface area contributed by atoms with Crippen LogP contribution in [0.5, 0.6) is 5.88 Å². The van der Waals surface area contributed by atoms with Crippen molar-refractivity contribution < 1.29 is 4.74 Å². The molecule has 5 nitrogen and oxygen atoms in total. The van der Waals surface area contributed by atoms with Crippen molar-refractivity contribution in [2.24, 2.45) is 12.8 Å². The van der Waals surface area contributed by atoms with E-state index in [4.69, 9.17) is 15.7 Å². The highest BCUT2D eigenvalue weighted by molar-refractivity contribution is 5.42. The van der Waals surface area contributed by atoms with Gasteiger partial charge in [0.2, 0.25) is 5.88 Å². The van der Waals surface area contributed by atoms with Gasteiger partial charge in [-0.1, -0.05) is 0 Å². The van der Waals surface area contributed by atoms with Crippen LogP contribution >= 0.6 is 0 Å². The van der Waals surface area contributed by atoms with Gasteiger partial charge in [-0.3, -0.25) is 0 Å². The van der Waals surface area contributed by atoms with E-state index in [0.717, 1.165) is 31.4 Å². The molecule has 5 heteroatoms. The summed E-state index contributed by atoms with van der Waals surface area (Å²) in [6, 6.07) is 2.45. The number of hydrogen-bond donors (Lipinski definition) is 1. The fraction of sp³-hybridized carbons (Fsp3) is 0.667. The summed E-state index contributed by atoms with van der Waals surface area (Å²) in [6.07, 6.45) is 4.05. The lowest BCUT2D eigenvalue weighted by molar-refractivity contribution is 0.135. The smallest absolute Gasteiger partial charge is 0.230 e. The number of ether oxygens (including phenoxy) is 1. The maximum absolute atomic E-state index is 9.08. The molecule has 0 aliphatic heterocycles. The molecule has 0 amide bonds. The largest absolute Gasteiger partial charge is 0.474 e. The van der Waals surface area contributed by atoms with Crippen molar-refractivity contribution in [3.8, 4) is 11.9 Å². The summed E-state index contributed by atoms with van der Waals surface area (Å²) in [6.45, 7) is 1.82. The standard InChI is InChI=1S/C12H18N4O/c1-8-11(7-13)12(16(2)15-8)17-10-5-3-9(14)4-6-10/h9-10H,3-6,14H2,1-2H3. The van der Waals surface area contributed by atoms with Gasteiger partial charge in [0, 0.05) is 13.1 Å². The van der Waals surface area contributed by atoms with Gasteiger partial charge in [0.15, 0.2) is 0 Å². The fourth-order valence-electron chi connectivity index (χ4n) is 2.27. The Kier molecular flexibility index (Phi) is 3.34. The first-order valence-corrected chi connectivity index (χ1v) is 5.97. The Morgan fingerprint density at radius 1 is 1.41 bits per heavy atom. The molecule has 0 saturated heterocycles. The highest BCUT2D eigenvalue weighted by atomic mass is 16.5. The average molecular weight is 234 g/mol. The van der Waals surface area contributed by atoms with Crippen molar-refractivity contribution in [2.75, 3.05) is 0 Å². The van der Waals surface area contributed by atoms with Gasteiger partial charge in [0.1, 0.15) is 17.7 Å². The van der Waals surface area contributed by atoms with E-state index in [0.29, 0.717) is 17.5 Å². The fourth-order valence-corrected chi connectivity index (χ4v) is 2.27. The Bertz CT molecular complexity index is 438. The number of rotatable bonds is 2. The topological polar surface area (TPSA) is 76.9 Å². The number of nitriles is 1. The monoisotopic (exact) mass is 234 g/mol. The molecule has 1 saturated carbocycles. The third-order valence-electron chi connectivity index (χ3n) is 3.28. The Hall–Kier alpha value is -1.54. The highest BCUT2D eigenvalue weighted by Gasteiger charge is 2.23. The molecule has 0 bridgehead atoms. The molecule has 0 spiro atoms. The van der Waals surface area contributed by atoms with Crippen molar-refractivity contribution in [2.45, 2.75) is 44.8 Å². The van der Waals surface area contributed by atoms with Gasteiger partial charge in [-0.15, -0.1) is 0 Å². The second-order valence-corrected chi connectivity index (χ2v) is 4.66. The molecule has 1 fully saturated rings. The number of nitrogens with zero attached hydrogens (tertiary/aromatic N) is 3. The average Bonchev–Trinajstić information content (AvgIpc) is 2.57. The summed E-state index contributed by atoms with van der Waals surface area (Å²) < 4.78 is 7.54. The molecule has 1 aliphatic rings. The van der Waals surface area contributed by atoms with Crippen molar-refractivity contribution >= 4 is 0 Å². The molecule has 2 N–H and O–H groups in total. The Morgan fingerprint density at radius 3 is 2.65 bits per heavy atom. The Labute approximate surface area is 101 Å². The van der Waals surface area contributed by atoms with Crippen LogP contribution in [0.3, 0.4) is 0 Å². The molecular formula is C12H18N4O. The number of nitrogens with two attached hydrogens (primary N) is 1. The quantitative estimate of drug-likeness (QED) is 0.835. The van der Waals surface area contributed by atoms with Crippen LogP contribution in [-0.2, 0) is 7.05 Å². The molecule has 1 aromatic heterocycles. The summed E-state index contributed by atoms with van der Waals surface area (Å²) in [7, 11) is 1.80. The molecule has 1 aromatic rings. The van der Waals surface area contributed by atoms with Gasteiger partial charge >= 0.3 is 0 Å². The van der Waals surface area contributed by atoms with Gasteiger partial charge < -0.3 is 10.5 Å². The summed E-state index contributed by atoms with van der Waals surface area (Å²) in [5.74, 6) is 0.588. The third kappa shape index (κ3) is 2.42.